The Labute approximate surface area is 90.2 Å². The first kappa shape index (κ1) is 9.34. The van der Waals surface area contributed by atoms with Gasteiger partial charge in [0.05, 0.1) is 16.8 Å². The molecule has 0 unspecified atom stereocenters. The Kier molecular flexibility index (Phi) is 2.79. The van der Waals surface area contributed by atoms with Crippen molar-refractivity contribution in [3.63, 3.8) is 0 Å². The summed E-state index contributed by atoms with van der Waals surface area (Å²) < 4.78 is 6.71. The quantitative estimate of drug-likeness (QED) is 0.779. The second kappa shape index (κ2) is 3.88. The lowest BCUT2D eigenvalue weighted by atomic mass is 10.4. The van der Waals surface area contributed by atoms with Crippen molar-refractivity contribution in [2.24, 2.45) is 0 Å². The van der Waals surface area contributed by atoms with Gasteiger partial charge in [0.15, 0.2) is 5.75 Å². The molecule has 1 fully saturated rings. The normalized spacial score (nSPS) is 15.8. The highest BCUT2D eigenvalue weighted by atomic mass is 79.9. The number of rotatable bonds is 3. The van der Waals surface area contributed by atoms with Gasteiger partial charge in [0.25, 0.3) is 0 Å². The molecular weight excluding hydrogens is 250 g/mol. The number of pyridine rings is 1. The Hall–Kier alpha value is -0.220. The Bertz CT molecular complexity index is 314. The van der Waals surface area contributed by atoms with Crippen molar-refractivity contribution in [3.8, 4) is 5.75 Å². The van der Waals surface area contributed by atoms with Gasteiger partial charge in [-0.15, -0.1) is 11.8 Å². The summed E-state index contributed by atoms with van der Waals surface area (Å²) in [6.45, 7) is 0. The molecule has 0 amide bonds. The fraction of sp³-hybridized carbons (Fsp3) is 0.444. The Balaban J connectivity index is 2.22. The number of nitrogens with zero attached hydrogens (tertiary/aromatic N) is 1. The topological polar surface area (TPSA) is 22.1 Å². The predicted molar refractivity (Wildman–Crippen MR) is 57.4 cm³/mol. The number of ether oxygens (including phenoxy) is 1. The maximum Gasteiger partial charge on any atom is 0.153 e. The van der Waals surface area contributed by atoms with E-state index in [9.17, 15) is 0 Å². The number of thioether (sulfide) groups is 1. The SMILES string of the molecule is CSc1cncc(OC2CC2)c1Br. The van der Waals surface area contributed by atoms with Crippen molar-refractivity contribution < 1.29 is 4.74 Å². The first-order valence-corrected chi connectivity index (χ1v) is 6.17. The number of aromatic nitrogens is 1. The minimum absolute atomic E-state index is 0.426. The van der Waals surface area contributed by atoms with E-state index in [-0.39, 0.29) is 0 Å². The van der Waals surface area contributed by atoms with Crippen LogP contribution in [0.1, 0.15) is 12.8 Å². The van der Waals surface area contributed by atoms with Crippen LogP contribution in [0.2, 0.25) is 0 Å². The average Bonchev–Trinajstić information content (AvgIpc) is 2.92. The molecule has 0 aromatic carbocycles. The van der Waals surface area contributed by atoms with E-state index in [2.05, 4.69) is 20.9 Å². The van der Waals surface area contributed by atoms with E-state index in [1.165, 1.54) is 12.8 Å². The van der Waals surface area contributed by atoms with Gasteiger partial charge in [-0.3, -0.25) is 4.98 Å². The lowest BCUT2D eigenvalue weighted by molar-refractivity contribution is 0.299. The van der Waals surface area contributed by atoms with Crippen molar-refractivity contribution >= 4 is 27.7 Å². The van der Waals surface area contributed by atoms with Crippen LogP contribution >= 0.6 is 27.7 Å². The summed E-state index contributed by atoms with van der Waals surface area (Å²) in [4.78, 5) is 5.24. The third-order valence-corrected chi connectivity index (χ3v) is 3.68. The van der Waals surface area contributed by atoms with Crippen molar-refractivity contribution in [3.05, 3.63) is 16.9 Å². The number of hydrogen-bond donors (Lipinski definition) is 0. The van der Waals surface area contributed by atoms with Crippen LogP contribution in [0.5, 0.6) is 5.75 Å². The molecular formula is C9H10BrNOS. The maximum absolute atomic E-state index is 5.68. The number of hydrogen-bond acceptors (Lipinski definition) is 3. The van der Waals surface area contributed by atoms with Crippen LogP contribution in [-0.4, -0.2) is 17.3 Å². The molecule has 0 spiro atoms. The van der Waals surface area contributed by atoms with Crippen molar-refractivity contribution in [1.29, 1.82) is 0 Å². The Morgan fingerprint density at radius 2 is 2.31 bits per heavy atom. The van der Waals surface area contributed by atoms with Crippen LogP contribution in [0, 0.1) is 0 Å². The van der Waals surface area contributed by atoms with E-state index in [1.54, 1.807) is 18.0 Å². The molecule has 1 saturated carbocycles. The van der Waals surface area contributed by atoms with Gasteiger partial charge in [0.1, 0.15) is 0 Å². The summed E-state index contributed by atoms with van der Waals surface area (Å²) in [6.07, 6.45) is 8.42. The fourth-order valence-electron chi connectivity index (χ4n) is 0.997. The van der Waals surface area contributed by atoms with Gasteiger partial charge in [-0.1, -0.05) is 0 Å². The average molecular weight is 260 g/mol. The van der Waals surface area contributed by atoms with Crippen LogP contribution in [0.4, 0.5) is 0 Å². The Morgan fingerprint density at radius 3 is 2.92 bits per heavy atom. The minimum Gasteiger partial charge on any atom is -0.488 e. The standard InChI is InChI=1S/C9H10BrNOS/c1-13-8-5-11-4-7(9(8)10)12-6-2-3-6/h4-6H,2-3H2,1H3. The molecule has 0 atom stereocenters. The zero-order valence-corrected chi connectivity index (χ0v) is 9.69. The summed E-state index contributed by atoms with van der Waals surface area (Å²) in [5, 5.41) is 0. The molecule has 0 aliphatic heterocycles. The molecule has 1 aromatic rings. The van der Waals surface area contributed by atoms with Gasteiger partial charge < -0.3 is 4.74 Å². The van der Waals surface area contributed by atoms with E-state index >= 15 is 0 Å². The van der Waals surface area contributed by atoms with Crippen molar-refractivity contribution in [2.75, 3.05) is 6.26 Å². The molecule has 0 bridgehead atoms. The summed E-state index contributed by atoms with van der Waals surface area (Å²) >= 11 is 5.18. The summed E-state index contributed by atoms with van der Waals surface area (Å²) in [5.41, 5.74) is 0. The van der Waals surface area contributed by atoms with E-state index in [0.29, 0.717) is 6.10 Å². The third-order valence-electron chi connectivity index (χ3n) is 1.85. The van der Waals surface area contributed by atoms with Gasteiger partial charge >= 0.3 is 0 Å². The summed E-state index contributed by atoms with van der Waals surface area (Å²) in [5.74, 6) is 0.870. The predicted octanol–water partition coefficient (Wildman–Crippen LogP) is 3.11. The molecule has 4 heteroatoms. The molecule has 2 nitrogen and oxygen atoms in total. The van der Waals surface area contributed by atoms with Gasteiger partial charge in [-0.05, 0) is 35.0 Å². The molecule has 1 heterocycles. The molecule has 70 valence electrons. The molecule has 0 N–H and O–H groups in total. The van der Waals surface area contributed by atoms with Gasteiger partial charge in [0.2, 0.25) is 0 Å². The fourth-order valence-corrected chi connectivity index (χ4v) is 2.23. The lowest BCUT2D eigenvalue weighted by Gasteiger charge is -2.08. The van der Waals surface area contributed by atoms with Crippen LogP contribution in [0.25, 0.3) is 0 Å². The molecule has 2 rings (SSSR count). The van der Waals surface area contributed by atoms with Gasteiger partial charge in [-0.25, -0.2) is 0 Å². The van der Waals surface area contributed by atoms with Gasteiger partial charge in [0, 0.05) is 11.1 Å². The van der Waals surface area contributed by atoms with Crippen molar-refractivity contribution in [2.45, 2.75) is 23.8 Å². The molecule has 0 saturated heterocycles. The van der Waals surface area contributed by atoms with E-state index in [4.69, 9.17) is 4.74 Å². The first-order chi connectivity index (χ1) is 6.31. The first-order valence-electron chi connectivity index (χ1n) is 4.15. The molecule has 1 aromatic heterocycles. The van der Waals surface area contributed by atoms with Crippen LogP contribution in [0.15, 0.2) is 21.8 Å². The molecule has 0 radical (unpaired) electrons. The zero-order chi connectivity index (χ0) is 9.26. The van der Waals surface area contributed by atoms with Crippen LogP contribution in [-0.2, 0) is 0 Å². The highest BCUT2D eigenvalue weighted by Gasteiger charge is 2.24. The minimum atomic E-state index is 0.426. The second-order valence-electron chi connectivity index (χ2n) is 2.97. The summed E-state index contributed by atoms with van der Waals surface area (Å²) in [6, 6.07) is 0. The third kappa shape index (κ3) is 2.17. The van der Waals surface area contributed by atoms with E-state index < -0.39 is 0 Å². The highest BCUT2D eigenvalue weighted by molar-refractivity contribution is 9.10. The van der Waals surface area contributed by atoms with Crippen molar-refractivity contribution in [1.82, 2.24) is 4.98 Å². The molecule has 1 aliphatic rings. The maximum atomic E-state index is 5.68. The van der Waals surface area contributed by atoms with E-state index in [1.807, 2.05) is 12.5 Å². The zero-order valence-electron chi connectivity index (χ0n) is 7.29. The van der Waals surface area contributed by atoms with E-state index in [0.717, 1.165) is 15.1 Å². The Morgan fingerprint density at radius 1 is 1.54 bits per heavy atom. The lowest BCUT2D eigenvalue weighted by Crippen LogP contribution is -1.97. The highest BCUT2D eigenvalue weighted by Crippen LogP contribution is 2.36. The van der Waals surface area contributed by atoms with Gasteiger partial charge in [-0.2, -0.15) is 0 Å². The largest absolute Gasteiger partial charge is 0.488 e. The monoisotopic (exact) mass is 259 g/mol. The summed E-state index contributed by atoms with van der Waals surface area (Å²) in [7, 11) is 0. The van der Waals surface area contributed by atoms with Crippen LogP contribution in [0.3, 0.4) is 0 Å². The smallest absolute Gasteiger partial charge is 0.153 e. The van der Waals surface area contributed by atoms with Crippen LogP contribution < -0.4 is 4.74 Å². The number of halogens is 1. The molecule has 1 aliphatic carbocycles. The molecule has 13 heavy (non-hydrogen) atoms. The second-order valence-corrected chi connectivity index (χ2v) is 4.61.